The third-order valence-electron chi connectivity index (χ3n) is 3.15. The summed E-state index contributed by atoms with van der Waals surface area (Å²) in [5.41, 5.74) is -2.35. The van der Waals surface area contributed by atoms with Crippen molar-refractivity contribution in [1.82, 2.24) is 0 Å². The smallest absolute Gasteiger partial charge is 0.288 e. The van der Waals surface area contributed by atoms with E-state index < -0.39 is 61.0 Å². The molecule has 0 saturated heterocycles. The van der Waals surface area contributed by atoms with Crippen molar-refractivity contribution in [2.24, 2.45) is 0 Å². The minimum Gasteiger partial charge on any atom is -0.288 e. The van der Waals surface area contributed by atoms with Crippen molar-refractivity contribution >= 4 is 15.9 Å². The highest BCUT2D eigenvalue weighted by Gasteiger charge is 2.30. The molecule has 128 valence electrons. The molecule has 24 heavy (non-hydrogen) atoms. The van der Waals surface area contributed by atoms with Crippen LogP contribution in [0.5, 0.6) is 0 Å². The Hall–Kier alpha value is -2.33. The van der Waals surface area contributed by atoms with E-state index in [0.29, 0.717) is 0 Å². The number of ketones is 1. The lowest BCUT2D eigenvalue weighted by Gasteiger charge is -2.09. The highest BCUT2D eigenvalue weighted by atomic mass is 32.2. The summed E-state index contributed by atoms with van der Waals surface area (Å²) < 4.78 is 97.6. The fraction of sp³-hybridized carbons (Fsp3) is 0.0714. The van der Waals surface area contributed by atoms with Gasteiger partial charge in [0, 0.05) is 5.56 Å². The van der Waals surface area contributed by atoms with Gasteiger partial charge < -0.3 is 0 Å². The minimum absolute atomic E-state index is 0.160. The van der Waals surface area contributed by atoms with Crippen LogP contribution >= 0.6 is 0 Å². The minimum atomic E-state index is -4.61. The van der Waals surface area contributed by atoms with Gasteiger partial charge in [-0.15, -0.1) is 0 Å². The van der Waals surface area contributed by atoms with Gasteiger partial charge in [-0.2, -0.15) is 8.42 Å². The standard InChI is InChI=1S/C14H7F5O4S/c1-5-4-6(2-3-7(5)24(21,22)23)14(20)8-9(15)11(17)13(19)12(18)10(8)16/h2-4H,1H3,(H,21,22,23). The summed E-state index contributed by atoms with van der Waals surface area (Å²) in [5, 5.41) is 0. The van der Waals surface area contributed by atoms with Gasteiger partial charge >= 0.3 is 0 Å². The molecule has 1 N–H and O–H groups in total. The van der Waals surface area contributed by atoms with Gasteiger partial charge in [-0.25, -0.2) is 22.0 Å². The molecule has 2 aromatic rings. The number of hydrogen-bond acceptors (Lipinski definition) is 3. The van der Waals surface area contributed by atoms with E-state index >= 15 is 0 Å². The summed E-state index contributed by atoms with van der Waals surface area (Å²) in [7, 11) is -4.61. The molecule has 2 rings (SSSR count). The maximum Gasteiger partial charge on any atom is 0.294 e. The number of halogens is 5. The molecule has 0 saturated carbocycles. The Kier molecular flexibility index (Phi) is 4.46. The van der Waals surface area contributed by atoms with Gasteiger partial charge in [0.2, 0.25) is 5.82 Å². The number of carbonyl (C=O) groups is 1. The average Bonchev–Trinajstić information content (AvgIpc) is 2.49. The molecule has 0 aliphatic heterocycles. The van der Waals surface area contributed by atoms with Crippen molar-refractivity contribution in [2.45, 2.75) is 11.8 Å². The van der Waals surface area contributed by atoms with Gasteiger partial charge in [-0.3, -0.25) is 9.35 Å². The predicted octanol–water partition coefficient (Wildman–Crippen LogP) is 3.17. The monoisotopic (exact) mass is 366 g/mol. The van der Waals surface area contributed by atoms with Gasteiger partial charge in [-0.05, 0) is 30.7 Å². The third-order valence-corrected chi connectivity index (χ3v) is 4.17. The topological polar surface area (TPSA) is 71.4 Å². The molecule has 0 radical (unpaired) electrons. The van der Waals surface area contributed by atoms with Gasteiger partial charge in [0.15, 0.2) is 29.1 Å². The lowest BCUT2D eigenvalue weighted by atomic mass is 10.00. The van der Waals surface area contributed by atoms with Gasteiger partial charge in [0.05, 0.1) is 4.90 Å². The zero-order valence-electron chi connectivity index (χ0n) is 11.7. The van der Waals surface area contributed by atoms with Crippen LogP contribution in [0, 0.1) is 36.0 Å². The van der Waals surface area contributed by atoms with E-state index in [1.807, 2.05) is 0 Å². The second kappa shape index (κ2) is 5.95. The molecule has 0 amide bonds. The largest absolute Gasteiger partial charge is 0.294 e. The van der Waals surface area contributed by atoms with Crippen LogP contribution < -0.4 is 0 Å². The predicted molar refractivity (Wildman–Crippen MR) is 70.7 cm³/mol. The van der Waals surface area contributed by atoms with Crippen LogP contribution in [0.4, 0.5) is 22.0 Å². The second-order valence-corrected chi connectivity index (χ2v) is 6.12. The van der Waals surface area contributed by atoms with Crippen molar-refractivity contribution in [3.8, 4) is 0 Å². The maximum absolute atomic E-state index is 13.6. The first-order chi connectivity index (χ1) is 11.0. The van der Waals surface area contributed by atoms with Crippen LogP contribution in [-0.2, 0) is 10.1 Å². The molecule has 0 aliphatic rings. The van der Waals surface area contributed by atoms with Crippen molar-refractivity contribution in [3.05, 3.63) is 64.0 Å². The summed E-state index contributed by atoms with van der Waals surface area (Å²) in [4.78, 5) is 11.5. The quantitative estimate of drug-likeness (QED) is 0.298. The molecule has 2 aromatic carbocycles. The molecule has 0 heterocycles. The number of aryl methyl sites for hydroxylation is 1. The van der Waals surface area contributed by atoms with Crippen molar-refractivity contribution in [1.29, 1.82) is 0 Å². The van der Waals surface area contributed by atoms with Crippen LogP contribution in [0.1, 0.15) is 21.5 Å². The summed E-state index contributed by atoms with van der Waals surface area (Å²) in [5.74, 6) is -13.1. The first-order valence-corrected chi connectivity index (χ1v) is 7.55. The van der Waals surface area contributed by atoms with E-state index in [-0.39, 0.29) is 5.56 Å². The van der Waals surface area contributed by atoms with Crippen LogP contribution in [0.15, 0.2) is 23.1 Å². The van der Waals surface area contributed by atoms with Crippen LogP contribution in [0.3, 0.4) is 0 Å². The van der Waals surface area contributed by atoms with Crippen LogP contribution in [-0.4, -0.2) is 18.8 Å². The fourth-order valence-corrected chi connectivity index (χ4v) is 2.73. The van der Waals surface area contributed by atoms with Gasteiger partial charge in [-0.1, -0.05) is 0 Å². The van der Waals surface area contributed by atoms with Gasteiger partial charge in [0.25, 0.3) is 10.1 Å². The van der Waals surface area contributed by atoms with Crippen molar-refractivity contribution in [2.75, 3.05) is 0 Å². The summed E-state index contributed by atoms with van der Waals surface area (Å²) in [6.07, 6.45) is 0. The molecule has 0 fully saturated rings. The van der Waals surface area contributed by atoms with Crippen molar-refractivity contribution < 1.29 is 39.7 Å². The number of benzene rings is 2. The molecule has 0 aliphatic carbocycles. The highest BCUT2D eigenvalue weighted by molar-refractivity contribution is 7.85. The van der Waals surface area contributed by atoms with E-state index in [1.54, 1.807) is 0 Å². The number of rotatable bonds is 3. The van der Waals surface area contributed by atoms with Crippen LogP contribution in [0.2, 0.25) is 0 Å². The van der Waals surface area contributed by atoms with Crippen LogP contribution in [0.25, 0.3) is 0 Å². The van der Waals surface area contributed by atoms with E-state index in [2.05, 4.69) is 0 Å². The first-order valence-electron chi connectivity index (χ1n) is 6.11. The van der Waals surface area contributed by atoms with E-state index in [9.17, 15) is 35.2 Å². The molecular formula is C14H7F5O4S. The first kappa shape index (κ1) is 18.0. The molecule has 0 aromatic heterocycles. The van der Waals surface area contributed by atoms with Crippen molar-refractivity contribution in [3.63, 3.8) is 0 Å². The Morgan fingerprint density at radius 1 is 0.917 bits per heavy atom. The number of carbonyl (C=O) groups excluding carboxylic acids is 1. The Morgan fingerprint density at radius 2 is 1.38 bits per heavy atom. The second-order valence-electron chi connectivity index (χ2n) is 4.73. The molecular weight excluding hydrogens is 359 g/mol. The fourth-order valence-electron chi connectivity index (χ4n) is 2.03. The molecule has 0 atom stereocenters. The zero-order valence-corrected chi connectivity index (χ0v) is 12.5. The normalized spacial score (nSPS) is 11.6. The highest BCUT2D eigenvalue weighted by Crippen LogP contribution is 2.26. The Balaban J connectivity index is 2.65. The molecule has 4 nitrogen and oxygen atoms in total. The zero-order chi connectivity index (χ0) is 18.4. The summed E-state index contributed by atoms with van der Waals surface area (Å²) in [6.45, 7) is 1.17. The summed E-state index contributed by atoms with van der Waals surface area (Å²) >= 11 is 0. The molecule has 10 heteroatoms. The van der Waals surface area contributed by atoms with E-state index in [0.717, 1.165) is 18.2 Å². The van der Waals surface area contributed by atoms with E-state index in [4.69, 9.17) is 4.55 Å². The van der Waals surface area contributed by atoms with Gasteiger partial charge in [0.1, 0.15) is 5.56 Å². The molecule has 0 bridgehead atoms. The summed E-state index contributed by atoms with van der Waals surface area (Å²) in [6, 6.07) is 2.38. The Morgan fingerprint density at radius 3 is 1.79 bits per heavy atom. The Bertz CT molecular complexity index is 941. The lowest BCUT2D eigenvalue weighted by molar-refractivity contribution is 0.102. The third kappa shape index (κ3) is 2.89. The Labute approximate surface area is 132 Å². The maximum atomic E-state index is 13.6. The average molecular weight is 366 g/mol. The molecule has 0 spiro atoms. The lowest BCUT2D eigenvalue weighted by Crippen LogP contribution is -2.14. The van der Waals surface area contributed by atoms with E-state index in [1.165, 1.54) is 6.92 Å². The SMILES string of the molecule is Cc1cc(C(=O)c2c(F)c(F)c(F)c(F)c2F)ccc1S(=O)(=O)O. The molecule has 0 unspecified atom stereocenters. The number of hydrogen-bond donors (Lipinski definition) is 1.